The van der Waals surface area contributed by atoms with Crippen molar-refractivity contribution in [1.82, 2.24) is 9.88 Å². The average molecular weight is 281 g/mol. The molecule has 0 aliphatic carbocycles. The van der Waals surface area contributed by atoms with E-state index < -0.39 is 0 Å². The minimum atomic E-state index is -0.162. The number of pyridine rings is 1. The molecule has 1 aromatic heterocycles. The Bertz CT molecular complexity index is 610. The van der Waals surface area contributed by atoms with E-state index in [-0.39, 0.29) is 11.9 Å². The molecular weight excluding hydrogens is 262 g/mol. The molecule has 108 valence electrons. The van der Waals surface area contributed by atoms with Gasteiger partial charge < -0.3 is 10.2 Å². The number of likely N-dealkylation sites (tertiary alicyclic amines) is 1. The Labute approximate surface area is 124 Å². The van der Waals surface area contributed by atoms with Crippen LogP contribution < -0.4 is 5.32 Å². The number of aryl methyl sites for hydroxylation is 1. The fraction of sp³-hybridized carbons (Fsp3) is 0.294. The summed E-state index contributed by atoms with van der Waals surface area (Å²) in [6.45, 7) is 3.54. The number of nitrogens with one attached hydrogen (secondary N) is 1. The normalized spacial score (nSPS) is 18.0. The van der Waals surface area contributed by atoms with Crippen molar-refractivity contribution < 1.29 is 4.79 Å². The van der Waals surface area contributed by atoms with Gasteiger partial charge in [0.25, 0.3) is 0 Å². The minimum absolute atomic E-state index is 0.154. The number of carbonyl (C=O) groups is 1. The zero-order valence-corrected chi connectivity index (χ0v) is 12.1. The average Bonchev–Trinajstić information content (AvgIpc) is 2.84. The highest BCUT2D eigenvalue weighted by Crippen LogP contribution is 2.18. The molecule has 1 atom stereocenters. The standard InChI is InChI=1S/C17H19N3O/c1-13-5-7-14(8-6-13)12-20-11-9-15(17(20)21)19-16-4-2-3-10-18-16/h2-8,10,15H,9,11-12H2,1H3,(H,18,19). The highest BCUT2D eigenvalue weighted by Gasteiger charge is 2.31. The highest BCUT2D eigenvalue weighted by atomic mass is 16.2. The molecule has 21 heavy (non-hydrogen) atoms. The maximum atomic E-state index is 12.4. The number of hydrogen-bond acceptors (Lipinski definition) is 3. The maximum Gasteiger partial charge on any atom is 0.245 e. The van der Waals surface area contributed by atoms with Crippen molar-refractivity contribution in [3.8, 4) is 0 Å². The molecule has 4 heteroatoms. The Morgan fingerprint density at radius 2 is 2.05 bits per heavy atom. The van der Waals surface area contributed by atoms with Gasteiger partial charge >= 0.3 is 0 Å². The van der Waals surface area contributed by atoms with E-state index in [9.17, 15) is 4.79 Å². The molecular formula is C17H19N3O. The van der Waals surface area contributed by atoms with Gasteiger partial charge in [-0.15, -0.1) is 0 Å². The third-order valence-electron chi connectivity index (χ3n) is 3.78. The zero-order valence-electron chi connectivity index (χ0n) is 12.1. The molecule has 1 saturated heterocycles. The lowest BCUT2D eigenvalue weighted by Gasteiger charge is -2.17. The van der Waals surface area contributed by atoms with Crippen molar-refractivity contribution in [2.75, 3.05) is 11.9 Å². The number of carbonyl (C=O) groups excluding carboxylic acids is 1. The third kappa shape index (κ3) is 3.21. The summed E-state index contributed by atoms with van der Waals surface area (Å²) in [7, 11) is 0. The van der Waals surface area contributed by atoms with Gasteiger partial charge in [0, 0.05) is 19.3 Å². The lowest BCUT2D eigenvalue weighted by Crippen LogP contribution is -2.33. The number of amides is 1. The first-order chi connectivity index (χ1) is 10.2. The molecule has 0 bridgehead atoms. The molecule has 3 rings (SSSR count). The number of rotatable bonds is 4. The van der Waals surface area contributed by atoms with E-state index in [2.05, 4.69) is 41.5 Å². The highest BCUT2D eigenvalue weighted by molar-refractivity contribution is 5.86. The van der Waals surface area contributed by atoms with E-state index >= 15 is 0 Å². The second-order valence-corrected chi connectivity index (χ2v) is 5.45. The smallest absolute Gasteiger partial charge is 0.245 e. The largest absolute Gasteiger partial charge is 0.358 e. The minimum Gasteiger partial charge on any atom is -0.358 e. The summed E-state index contributed by atoms with van der Waals surface area (Å²) in [5.41, 5.74) is 2.41. The van der Waals surface area contributed by atoms with E-state index in [1.807, 2.05) is 23.1 Å². The van der Waals surface area contributed by atoms with Crippen LogP contribution in [0.5, 0.6) is 0 Å². The predicted octanol–water partition coefficient (Wildman–Crippen LogP) is 2.60. The van der Waals surface area contributed by atoms with Crippen molar-refractivity contribution in [3.05, 3.63) is 59.8 Å². The summed E-state index contributed by atoms with van der Waals surface area (Å²) in [5, 5.41) is 3.21. The van der Waals surface area contributed by atoms with Crippen LogP contribution in [0.3, 0.4) is 0 Å². The second-order valence-electron chi connectivity index (χ2n) is 5.45. The van der Waals surface area contributed by atoms with Crippen molar-refractivity contribution in [3.63, 3.8) is 0 Å². The van der Waals surface area contributed by atoms with Crippen LogP contribution in [-0.2, 0) is 11.3 Å². The Morgan fingerprint density at radius 1 is 1.24 bits per heavy atom. The topological polar surface area (TPSA) is 45.2 Å². The van der Waals surface area contributed by atoms with E-state index in [0.717, 1.165) is 18.8 Å². The number of benzene rings is 1. The van der Waals surface area contributed by atoms with E-state index in [1.54, 1.807) is 6.20 Å². The van der Waals surface area contributed by atoms with Crippen molar-refractivity contribution in [1.29, 1.82) is 0 Å². The number of hydrogen-bond donors (Lipinski definition) is 1. The molecule has 0 radical (unpaired) electrons. The second kappa shape index (κ2) is 5.95. The van der Waals surface area contributed by atoms with Gasteiger partial charge in [0.15, 0.2) is 0 Å². The molecule has 2 aromatic rings. The van der Waals surface area contributed by atoms with E-state index in [4.69, 9.17) is 0 Å². The summed E-state index contributed by atoms with van der Waals surface area (Å²) in [6.07, 6.45) is 2.55. The molecule has 1 fully saturated rings. The van der Waals surface area contributed by atoms with Gasteiger partial charge in [-0.3, -0.25) is 4.79 Å². The van der Waals surface area contributed by atoms with Crippen LogP contribution in [0.1, 0.15) is 17.5 Å². The van der Waals surface area contributed by atoms with Crippen LogP contribution in [0.2, 0.25) is 0 Å². The summed E-state index contributed by atoms with van der Waals surface area (Å²) < 4.78 is 0. The van der Waals surface area contributed by atoms with Crippen LogP contribution in [0.15, 0.2) is 48.7 Å². The van der Waals surface area contributed by atoms with Gasteiger partial charge in [-0.25, -0.2) is 4.98 Å². The number of anilines is 1. The van der Waals surface area contributed by atoms with Gasteiger partial charge in [0.2, 0.25) is 5.91 Å². The summed E-state index contributed by atoms with van der Waals surface area (Å²) in [6, 6.07) is 13.8. The summed E-state index contributed by atoms with van der Waals surface area (Å²) in [4.78, 5) is 18.5. The lowest BCUT2D eigenvalue weighted by atomic mass is 10.1. The maximum absolute atomic E-state index is 12.4. The molecule has 1 unspecified atom stereocenters. The van der Waals surface area contributed by atoms with Crippen LogP contribution >= 0.6 is 0 Å². The Morgan fingerprint density at radius 3 is 2.76 bits per heavy atom. The Balaban J connectivity index is 1.62. The molecule has 1 amide bonds. The van der Waals surface area contributed by atoms with Gasteiger partial charge in [-0.1, -0.05) is 35.9 Å². The van der Waals surface area contributed by atoms with Gasteiger partial charge in [0.05, 0.1) is 0 Å². The predicted molar refractivity (Wildman–Crippen MR) is 82.9 cm³/mol. The molecule has 2 heterocycles. The van der Waals surface area contributed by atoms with Gasteiger partial charge in [0.1, 0.15) is 11.9 Å². The molecule has 1 aliphatic rings. The van der Waals surface area contributed by atoms with Crippen LogP contribution in [0.4, 0.5) is 5.82 Å². The molecule has 1 aromatic carbocycles. The quantitative estimate of drug-likeness (QED) is 0.937. The fourth-order valence-corrected chi connectivity index (χ4v) is 2.57. The summed E-state index contributed by atoms with van der Waals surface area (Å²) in [5.74, 6) is 0.911. The first-order valence-corrected chi connectivity index (χ1v) is 7.24. The van der Waals surface area contributed by atoms with Crippen LogP contribution in [0, 0.1) is 6.92 Å². The van der Waals surface area contributed by atoms with Gasteiger partial charge in [-0.05, 0) is 31.0 Å². The molecule has 4 nitrogen and oxygen atoms in total. The first kappa shape index (κ1) is 13.6. The Kier molecular flexibility index (Phi) is 3.86. The zero-order chi connectivity index (χ0) is 14.7. The third-order valence-corrected chi connectivity index (χ3v) is 3.78. The van der Waals surface area contributed by atoms with E-state index in [0.29, 0.717) is 6.54 Å². The lowest BCUT2D eigenvalue weighted by molar-refractivity contribution is -0.128. The van der Waals surface area contributed by atoms with Gasteiger partial charge in [-0.2, -0.15) is 0 Å². The first-order valence-electron chi connectivity index (χ1n) is 7.24. The Hall–Kier alpha value is -2.36. The molecule has 0 saturated carbocycles. The van der Waals surface area contributed by atoms with Crippen LogP contribution in [0.25, 0.3) is 0 Å². The van der Waals surface area contributed by atoms with Crippen molar-refractivity contribution >= 4 is 11.7 Å². The van der Waals surface area contributed by atoms with Crippen molar-refractivity contribution in [2.45, 2.75) is 25.9 Å². The molecule has 0 spiro atoms. The fourth-order valence-electron chi connectivity index (χ4n) is 2.57. The molecule has 1 aliphatic heterocycles. The van der Waals surface area contributed by atoms with Crippen LogP contribution in [-0.4, -0.2) is 28.4 Å². The van der Waals surface area contributed by atoms with Crippen molar-refractivity contribution in [2.24, 2.45) is 0 Å². The SMILES string of the molecule is Cc1ccc(CN2CCC(Nc3ccccn3)C2=O)cc1. The monoisotopic (exact) mass is 281 g/mol. The van der Waals surface area contributed by atoms with E-state index in [1.165, 1.54) is 11.1 Å². The number of nitrogens with zero attached hydrogens (tertiary/aromatic N) is 2. The summed E-state index contributed by atoms with van der Waals surface area (Å²) >= 11 is 0. The number of aromatic nitrogens is 1. The molecule has 1 N–H and O–H groups in total.